The van der Waals surface area contributed by atoms with E-state index in [4.69, 9.17) is 9.47 Å². The van der Waals surface area contributed by atoms with Crippen LogP contribution in [0.4, 0.5) is 11.4 Å². The Hall–Kier alpha value is -3.58. The number of non-ortho nitro benzene ring substituents is 1. The van der Waals surface area contributed by atoms with Crippen LogP contribution < -0.4 is 14.9 Å². The minimum atomic E-state index is -0.444. The average Bonchev–Trinajstić information content (AvgIpc) is 2.73. The molecule has 0 spiro atoms. The van der Waals surface area contributed by atoms with Crippen LogP contribution in [0.15, 0.2) is 77.9 Å². The van der Waals surface area contributed by atoms with Crippen LogP contribution >= 0.6 is 12.4 Å². The van der Waals surface area contributed by atoms with Gasteiger partial charge in [0.25, 0.3) is 5.69 Å². The van der Waals surface area contributed by atoms with Crippen molar-refractivity contribution in [1.82, 2.24) is 0 Å². The van der Waals surface area contributed by atoms with Gasteiger partial charge < -0.3 is 9.47 Å². The zero-order valence-electron chi connectivity index (χ0n) is 15.6. The topological polar surface area (TPSA) is 86.0 Å². The summed E-state index contributed by atoms with van der Waals surface area (Å²) in [5.74, 6) is 1.25. The van der Waals surface area contributed by atoms with Crippen molar-refractivity contribution in [2.75, 3.05) is 12.5 Å². The van der Waals surface area contributed by atoms with Crippen LogP contribution in [0.1, 0.15) is 11.1 Å². The fourth-order valence-electron chi connectivity index (χ4n) is 2.46. The number of nitro groups is 1. The molecule has 0 heterocycles. The Balaban J connectivity index is 0.00000300. The van der Waals surface area contributed by atoms with Crippen LogP contribution in [0.5, 0.6) is 11.5 Å². The first-order valence-corrected chi connectivity index (χ1v) is 8.54. The molecule has 1 N–H and O–H groups in total. The molecule has 0 saturated heterocycles. The Morgan fingerprint density at radius 1 is 1.03 bits per heavy atom. The van der Waals surface area contributed by atoms with Crippen molar-refractivity contribution >= 4 is 30.0 Å². The lowest BCUT2D eigenvalue weighted by atomic mass is 10.2. The number of nitrogens with one attached hydrogen (secondary N) is 1. The molecule has 3 aromatic rings. The van der Waals surface area contributed by atoms with E-state index < -0.39 is 4.92 Å². The summed E-state index contributed by atoms with van der Waals surface area (Å²) in [5, 5.41) is 14.8. The smallest absolute Gasteiger partial charge is 0.269 e. The third kappa shape index (κ3) is 6.22. The SMILES string of the molecule is COc1cc(/C=N/Nc2ccc([N+](=O)[O-])cc2)ccc1OCc1ccccc1.Cl. The number of hydrogen-bond acceptors (Lipinski definition) is 6. The van der Waals surface area contributed by atoms with Gasteiger partial charge >= 0.3 is 0 Å². The van der Waals surface area contributed by atoms with E-state index in [1.807, 2.05) is 48.5 Å². The van der Waals surface area contributed by atoms with Crippen molar-refractivity contribution in [2.45, 2.75) is 6.61 Å². The van der Waals surface area contributed by atoms with E-state index in [-0.39, 0.29) is 18.1 Å². The summed E-state index contributed by atoms with van der Waals surface area (Å²) in [4.78, 5) is 10.2. The molecule has 150 valence electrons. The second-order valence-corrected chi connectivity index (χ2v) is 5.86. The number of methoxy groups -OCH3 is 1. The molecular weight excluding hydrogens is 394 g/mol. The summed E-state index contributed by atoms with van der Waals surface area (Å²) in [6.07, 6.45) is 1.63. The lowest BCUT2D eigenvalue weighted by molar-refractivity contribution is -0.384. The van der Waals surface area contributed by atoms with Crippen molar-refractivity contribution in [2.24, 2.45) is 5.10 Å². The number of rotatable bonds is 8. The second kappa shape index (κ2) is 10.7. The Labute approximate surface area is 174 Å². The van der Waals surface area contributed by atoms with Gasteiger partial charge in [0.2, 0.25) is 0 Å². The molecule has 0 bridgehead atoms. The van der Waals surface area contributed by atoms with E-state index in [0.29, 0.717) is 23.8 Å². The van der Waals surface area contributed by atoms with Gasteiger partial charge in [-0.15, -0.1) is 12.4 Å². The van der Waals surface area contributed by atoms with E-state index in [9.17, 15) is 10.1 Å². The highest BCUT2D eigenvalue weighted by atomic mass is 35.5. The van der Waals surface area contributed by atoms with E-state index in [1.165, 1.54) is 12.1 Å². The normalized spacial score (nSPS) is 10.2. The lowest BCUT2D eigenvalue weighted by Gasteiger charge is -2.11. The number of anilines is 1. The molecule has 0 aliphatic carbocycles. The zero-order valence-corrected chi connectivity index (χ0v) is 16.5. The molecule has 0 amide bonds. The van der Waals surface area contributed by atoms with Gasteiger partial charge in [-0.25, -0.2) is 0 Å². The molecule has 8 heteroatoms. The molecule has 0 saturated carbocycles. The van der Waals surface area contributed by atoms with Gasteiger partial charge in [-0.05, 0) is 41.5 Å². The van der Waals surface area contributed by atoms with Gasteiger partial charge in [0.1, 0.15) is 6.61 Å². The minimum Gasteiger partial charge on any atom is -0.493 e. The van der Waals surface area contributed by atoms with E-state index in [2.05, 4.69) is 10.5 Å². The highest BCUT2D eigenvalue weighted by molar-refractivity contribution is 5.85. The second-order valence-electron chi connectivity index (χ2n) is 5.86. The maximum absolute atomic E-state index is 10.7. The molecule has 29 heavy (non-hydrogen) atoms. The maximum atomic E-state index is 10.7. The number of nitrogens with zero attached hydrogens (tertiary/aromatic N) is 2. The molecule has 0 radical (unpaired) electrons. The van der Waals surface area contributed by atoms with Crippen molar-refractivity contribution in [1.29, 1.82) is 0 Å². The number of halogens is 1. The molecular formula is C21H20ClN3O4. The van der Waals surface area contributed by atoms with Crippen LogP contribution in [0, 0.1) is 10.1 Å². The van der Waals surface area contributed by atoms with E-state index in [0.717, 1.165) is 11.1 Å². The molecule has 7 nitrogen and oxygen atoms in total. The first kappa shape index (κ1) is 21.7. The summed E-state index contributed by atoms with van der Waals surface area (Å²) in [6.45, 7) is 0.451. The van der Waals surface area contributed by atoms with Gasteiger partial charge in [0, 0.05) is 12.1 Å². The minimum absolute atomic E-state index is 0. The molecule has 0 aliphatic rings. The van der Waals surface area contributed by atoms with Gasteiger partial charge in [-0.1, -0.05) is 30.3 Å². The van der Waals surface area contributed by atoms with Crippen LogP contribution in [-0.4, -0.2) is 18.2 Å². The molecule has 0 atom stereocenters. The number of ether oxygens (including phenoxy) is 2. The predicted octanol–water partition coefficient (Wildman–Crippen LogP) is 5.05. The summed E-state index contributed by atoms with van der Waals surface area (Å²) < 4.78 is 11.2. The quantitative estimate of drug-likeness (QED) is 0.317. The van der Waals surface area contributed by atoms with Crippen molar-refractivity contribution in [3.05, 3.63) is 94.0 Å². The standard InChI is InChI=1S/C21H19N3O4.ClH/c1-27-21-13-17(7-12-20(21)28-15-16-5-3-2-4-6-16)14-22-23-18-8-10-19(11-9-18)24(25)26;/h2-14,23H,15H2,1H3;1H/b22-14+;. The highest BCUT2D eigenvalue weighted by Gasteiger charge is 2.06. The largest absolute Gasteiger partial charge is 0.493 e. The number of benzene rings is 3. The summed E-state index contributed by atoms with van der Waals surface area (Å²) in [5.41, 5.74) is 5.40. The van der Waals surface area contributed by atoms with Crippen molar-refractivity contribution in [3.63, 3.8) is 0 Å². The van der Waals surface area contributed by atoms with Gasteiger partial charge in [0.15, 0.2) is 11.5 Å². The first-order valence-electron chi connectivity index (χ1n) is 8.54. The monoisotopic (exact) mass is 413 g/mol. The number of nitro benzene ring substituents is 1. The van der Waals surface area contributed by atoms with Gasteiger partial charge in [-0.2, -0.15) is 5.10 Å². The summed E-state index contributed by atoms with van der Waals surface area (Å²) in [7, 11) is 1.58. The molecule has 0 unspecified atom stereocenters. The van der Waals surface area contributed by atoms with Crippen molar-refractivity contribution < 1.29 is 14.4 Å². The highest BCUT2D eigenvalue weighted by Crippen LogP contribution is 2.28. The average molecular weight is 414 g/mol. The molecule has 3 aromatic carbocycles. The summed E-state index contributed by atoms with van der Waals surface area (Å²) in [6, 6.07) is 21.4. The predicted molar refractivity (Wildman–Crippen MR) is 115 cm³/mol. The maximum Gasteiger partial charge on any atom is 0.269 e. The fourth-order valence-corrected chi connectivity index (χ4v) is 2.46. The Bertz CT molecular complexity index is 963. The third-order valence-electron chi connectivity index (χ3n) is 3.91. The van der Waals surface area contributed by atoms with Gasteiger partial charge in [-0.3, -0.25) is 15.5 Å². The van der Waals surface area contributed by atoms with Crippen molar-refractivity contribution in [3.8, 4) is 11.5 Å². The summed E-state index contributed by atoms with van der Waals surface area (Å²) >= 11 is 0. The molecule has 0 aromatic heterocycles. The first-order chi connectivity index (χ1) is 13.7. The Kier molecular flexibility index (Phi) is 8.00. The van der Waals surface area contributed by atoms with Crippen LogP contribution in [0.25, 0.3) is 0 Å². The Morgan fingerprint density at radius 3 is 2.41 bits per heavy atom. The Morgan fingerprint density at radius 2 is 1.76 bits per heavy atom. The molecule has 3 rings (SSSR count). The van der Waals surface area contributed by atoms with E-state index >= 15 is 0 Å². The van der Waals surface area contributed by atoms with Gasteiger partial charge in [0.05, 0.1) is 23.9 Å². The van der Waals surface area contributed by atoms with Crippen LogP contribution in [0.2, 0.25) is 0 Å². The lowest BCUT2D eigenvalue weighted by Crippen LogP contribution is -1.98. The molecule has 0 aliphatic heterocycles. The number of hydrazone groups is 1. The fraction of sp³-hybridized carbons (Fsp3) is 0.0952. The number of hydrogen-bond donors (Lipinski definition) is 1. The third-order valence-corrected chi connectivity index (χ3v) is 3.91. The van der Waals surface area contributed by atoms with Crippen LogP contribution in [0.3, 0.4) is 0 Å². The zero-order chi connectivity index (χ0) is 19.8. The van der Waals surface area contributed by atoms with E-state index in [1.54, 1.807) is 25.5 Å². The van der Waals surface area contributed by atoms with Crippen LogP contribution in [-0.2, 0) is 6.61 Å². The molecule has 0 fully saturated rings.